The Kier molecular flexibility index (Phi) is 5.74. The number of aliphatic hydroxyl groups excluding tert-OH is 1. The van der Waals surface area contributed by atoms with Gasteiger partial charge in [0, 0.05) is 19.2 Å². The summed E-state index contributed by atoms with van der Waals surface area (Å²) in [6.07, 6.45) is 4.69. The number of rotatable bonds is 6. The highest BCUT2D eigenvalue weighted by atomic mass is 16.3. The van der Waals surface area contributed by atoms with Gasteiger partial charge < -0.3 is 20.6 Å². The number of likely N-dealkylation sites (N-methyl/N-ethyl adjacent to an activating group) is 1. The Bertz CT molecular complexity index is 468. The molecule has 1 fully saturated rings. The molecule has 21 heavy (non-hydrogen) atoms. The molecule has 1 amide bonds. The zero-order chi connectivity index (χ0) is 15.1. The van der Waals surface area contributed by atoms with Crippen molar-refractivity contribution >= 4 is 17.5 Å². The van der Waals surface area contributed by atoms with E-state index in [2.05, 4.69) is 25.5 Å². The normalized spacial score (nSPS) is 18.4. The Balaban J connectivity index is 2.01. The molecule has 1 atom stereocenters. The molecule has 2 rings (SSSR count). The van der Waals surface area contributed by atoms with Gasteiger partial charge >= 0.3 is 0 Å². The topological polar surface area (TPSA) is 90.4 Å². The third-order valence-electron chi connectivity index (χ3n) is 3.59. The lowest BCUT2D eigenvalue weighted by molar-refractivity contribution is -0.119. The number of amides is 1. The Labute approximate surface area is 124 Å². The number of carbonyl (C=O) groups excluding carboxylic acids is 1. The number of nitrogens with one attached hydrogen (secondary N) is 2. The average Bonchev–Trinajstić information content (AvgIpc) is 2.53. The maximum atomic E-state index is 11.4. The van der Waals surface area contributed by atoms with E-state index < -0.39 is 0 Å². The van der Waals surface area contributed by atoms with Crippen molar-refractivity contribution in [1.29, 1.82) is 0 Å². The Morgan fingerprint density at radius 1 is 1.48 bits per heavy atom. The highest BCUT2D eigenvalue weighted by Crippen LogP contribution is 2.23. The van der Waals surface area contributed by atoms with Crippen LogP contribution in [0.5, 0.6) is 0 Å². The predicted octanol–water partition coefficient (Wildman–Crippen LogP) is 0.376. The molecule has 2 heterocycles. The molecule has 0 radical (unpaired) electrons. The first-order valence-electron chi connectivity index (χ1n) is 7.44. The van der Waals surface area contributed by atoms with Crippen LogP contribution in [-0.4, -0.2) is 53.3 Å². The van der Waals surface area contributed by atoms with E-state index in [4.69, 9.17) is 0 Å². The molecule has 1 aromatic heterocycles. The lowest BCUT2D eigenvalue weighted by atomic mass is 10.0. The molecule has 1 unspecified atom stereocenters. The molecule has 3 N–H and O–H groups in total. The fraction of sp³-hybridized carbons (Fsp3) is 0.643. The van der Waals surface area contributed by atoms with Crippen molar-refractivity contribution in [1.82, 2.24) is 15.3 Å². The molecular weight excluding hydrogens is 270 g/mol. The third-order valence-corrected chi connectivity index (χ3v) is 3.59. The molecule has 1 saturated heterocycles. The van der Waals surface area contributed by atoms with Gasteiger partial charge in [0.05, 0.1) is 19.2 Å². The number of aliphatic hydroxyl groups is 1. The summed E-state index contributed by atoms with van der Waals surface area (Å²) in [5.41, 5.74) is 0. The maximum absolute atomic E-state index is 11.4. The van der Waals surface area contributed by atoms with Crippen molar-refractivity contribution in [3.63, 3.8) is 0 Å². The predicted molar refractivity (Wildman–Crippen MR) is 81.3 cm³/mol. The largest absolute Gasteiger partial charge is 0.394 e. The summed E-state index contributed by atoms with van der Waals surface area (Å²) >= 11 is 0. The van der Waals surface area contributed by atoms with Crippen molar-refractivity contribution in [2.45, 2.75) is 32.2 Å². The second-order valence-electron chi connectivity index (χ2n) is 5.09. The van der Waals surface area contributed by atoms with Crippen molar-refractivity contribution < 1.29 is 9.90 Å². The average molecular weight is 293 g/mol. The van der Waals surface area contributed by atoms with Crippen LogP contribution in [0.15, 0.2) is 12.4 Å². The number of aromatic nitrogens is 2. The summed E-state index contributed by atoms with van der Waals surface area (Å²) in [5.74, 6) is 1.35. The fourth-order valence-corrected chi connectivity index (χ4v) is 2.52. The number of carbonyl (C=O) groups is 1. The SMILES string of the molecule is CCNC(=O)CNc1cc(N2CCCCC2CO)ncn1. The highest BCUT2D eigenvalue weighted by molar-refractivity contribution is 5.80. The summed E-state index contributed by atoms with van der Waals surface area (Å²) in [7, 11) is 0. The minimum Gasteiger partial charge on any atom is -0.394 e. The monoisotopic (exact) mass is 293 g/mol. The van der Waals surface area contributed by atoms with Crippen LogP contribution in [0.4, 0.5) is 11.6 Å². The van der Waals surface area contributed by atoms with E-state index in [0.717, 1.165) is 31.6 Å². The number of hydrogen-bond donors (Lipinski definition) is 3. The van der Waals surface area contributed by atoms with Gasteiger partial charge in [-0.15, -0.1) is 0 Å². The molecule has 116 valence electrons. The molecular formula is C14H23N5O2. The second kappa shape index (κ2) is 7.78. The van der Waals surface area contributed by atoms with Gasteiger partial charge in [0.1, 0.15) is 18.0 Å². The van der Waals surface area contributed by atoms with Crippen LogP contribution in [0.1, 0.15) is 26.2 Å². The number of hydrogen-bond acceptors (Lipinski definition) is 6. The van der Waals surface area contributed by atoms with Crippen molar-refractivity contribution in [2.75, 3.05) is 36.5 Å². The molecule has 0 spiro atoms. The van der Waals surface area contributed by atoms with Crippen molar-refractivity contribution in [3.05, 3.63) is 12.4 Å². The molecule has 1 aliphatic heterocycles. The molecule has 0 saturated carbocycles. The summed E-state index contributed by atoms with van der Waals surface area (Å²) < 4.78 is 0. The summed E-state index contributed by atoms with van der Waals surface area (Å²) in [6, 6.07) is 1.94. The van der Waals surface area contributed by atoms with Crippen LogP contribution in [0.3, 0.4) is 0 Å². The number of nitrogens with zero attached hydrogens (tertiary/aromatic N) is 3. The molecule has 0 aliphatic carbocycles. The Morgan fingerprint density at radius 2 is 2.33 bits per heavy atom. The Hall–Kier alpha value is -1.89. The van der Waals surface area contributed by atoms with E-state index in [1.165, 1.54) is 6.33 Å². The van der Waals surface area contributed by atoms with E-state index >= 15 is 0 Å². The van der Waals surface area contributed by atoms with Gasteiger partial charge in [-0.05, 0) is 26.2 Å². The third kappa shape index (κ3) is 4.29. The fourth-order valence-electron chi connectivity index (χ4n) is 2.52. The van der Waals surface area contributed by atoms with Crippen LogP contribution in [0.25, 0.3) is 0 Å². The minimum absolute atomic E-state index is 0.0659. The van der Waals surface area contributed by atoms with Crippen LogP contribution in [0, 0.1) is 0 Å². The molecule has 0 aromatic carbocycles. The van der Waals surface area contributed by atoms with Crippen LogP contribution >= 0.6 is 0 Å². The molecule has 7 heteroatoms. The molecule has 1 aliphatic rings. The minimum atomic E-state index is -0.0659. The Morgan fingerprint density at radius 3 is 3.10 bits per heavy atom. The molecule has 7 nitrogen and oxygen atoms in total. The second-order valence-corrected chi connectivity index (χ2v) is 5.09. The van der Waals surface area contributed by atoms with Gasteiger partial charge in [-0.2, -0.15) is 0 Å². The zero-order valence-electron chi connectivity index (χ0n) is 12.4. The molecule has 0 bridgehead atoms. The van der Waals surface area contributed by atoms with E-state index in [1.807, 2.05) is 13.0 Å². The van der Waals surface area contributed by atoms with Crippen LogP contribution < -0.4 is 15.5 Å². The van der Waals surface area contributed by atoms with Crippen molar-refractivity contribution in [3.8, 4) is 0 Å². The smallest absolute Gasteiger partial charge is 0.239 e. The first-order valence-corrected chi connectivity index (χ1v) is 7.44. The summed E-state index contributed by atoms with van der Waals surface area (Å²) in [4.78, 5) is 22.0. The van der Waals surface area contributed by atoms with E-state index in [9.17, 15) is 9.90 Å². The van der Waals surface area contributed by atoms with Gasteiger partial charge in [-0.3, -0.25) is 4.79 Å². The van der Waals surface area contributed by atoms with Gasteiger partial charge in [0.2, 0.25) is 5.91 Å². The van der Waals surface area contributed by atoms with Gasteiger partial charge in [-0.25, -0.2) is 9.97 Å². The van der Waals surface area contributed by atoms with Gasteiger partial charge in [0.15, 0.2) is 0 Å². The zero-order valence-corrected chi connectivity index (χ0v) is 12.4. The summed E-state index contributed by atoms with van der Waals surface area (Å²) in [6.45, 7) is 3.70. The van der Waals surface area contributed by atoms with Gasteiger partial charge in [0.25, 0.3) is 0 Å². The van der Waals surface area contributed by atoms with E-state index in [1.54, 1.807) is 0 Å². The van der Waals surface area contributed by atoms with E-state index in [0.29, 0.717) is 12.4 Å². The van der Waals surface area contributed by atoms with Gasteiger partial charge in [-0.1, -0.05) is 0 Å². The van der Waals surface area contributed by atoms with Crippen molar-refractivity contribution in [2.24, 2.45) is 0 Å². The maximum Gasteiger partial charge on any atom is 0.239 e. The first-order chi connectivity index (χ1) is 10.2. The van der Waals surface area contributed by atoms with Crippen LogP contribution in [0.2, 0.25) is 0 Å². The first kappa shape index (κ1) is 15.5. The molecule has 1 aromatic rings. The van der Waals surface area contributed by atoms with Crippen LogP contribution in [-0.2, 0) is 4.79 Å². The quantitative estimate of drug-likeness (QED) is 0.702. The van der Waals surface area contributed by atoms with E-state index in [-0.39, 0.29) is 25.1 Å². The number of piperidine rings is 1. The lowest BCUT2D eigenvalue weighted by Gasteiger charge is -2.35. The standard InChI is InChI=1S/C14H23N5O2/c1-2-15-14(21)8-16-12-7-13(18-10-17-12)19-6-4-3-5-11(19)9-20/h7,10-11,20H,2-6,8-9H2,1H3,(H,15,21)(H,16,17,18). The highest BCUT2D eigenvalue weighted by Gasteiger charge is 2.23. The number of anilines is 2. The lowest BCUT2D eigenvalue weighted by Crippen LogP contribution is -2.42. The summed E-state index contributed by atoms with van der Waals surface area (Å²) in [5, 5.41) is 15.2.